The fourth-order valence-corrected chi connectivity index (χ4v) is 2.87. The Balaban J connectivity index is 1.88. The fourth-order valence-electron chi connectivity index (χ4n) is 2.87. The summed E-state index contributed by atoms with van der Waals surface area (Å²) < 4.78 is 0. The van der Waals surface area contributed by atoms with E-state index in [2.05, 4.69) is 5.32 Å². The maximum absolute atomic E-state index is 12.1. The van der Waals surface area contributed by atoms with Gasteiger partial charge in [-0.25, -0.2) is 0 Å². The van der Waals surface area contributed by atoms with Crippen molar-refractivity contribution in [1.29, 1.82) is 0 Å². The van der Waals surface area contributed by atoms with Gasteiger partial charge in [0.25, 0.3) is 0 Å². The Hall–Kier alpha value is -0.610. The van der Waals surface area contributed by atoms with Crippen molar-refractivity contribution in [3.63, 3.8) is 0 Å². The highest BCUT2D eigenvalue weighted by Crippen LogP contribution is 2.28. The van der Waals surface area contributed by atoms with Crippen LogP contribution in [0.2, 0.25) is 0 Å². The molecule has 4 nitrogen and oxygen atoms in total. The number of hydrogen-bond donors (Lipinski definition) is 2. The lowest BCUT2D eigenvalue weighted by molar-refractivity contribution is -0.134. The average Bonchev–Trinajstić information content (AvgIpc) is 3.20. The number of rotatable bonds is 6. The van der Waals surface area contributed by atoms with E-state index in [9.17, 15) is 9.90 Å². The molecule has 1 saturated carbocycles. The van der Waals surface area contributed by atoms with Gasteiger partial charge in [0, 0.05) is 31.5 Å². The van der Waals surface area contributed by atoms with Crippen LogP contribution in [0.5, 0.6) is 0 Å². The van der Waals surface area contributed by atoms with E-state index in [4.69, 9.17) is 0 Å². The summed E-state index contributed by atoms with van der Waals surface area (Å²) in [5.74, 6) is 1.31. The van der Waals surface area contributed by atoms with Crippen LogP contribution in [0.3, 0.4) is 0 Å². The molecule has 110 valence electrons. The Morgan fingerprint density at radius 1 is 1.42 bits per heavy atom. The molecule has 1 aliphatic carbocycles. The van der Waals surface area contributed by atoms with Crippen LogP contribution in [-0.2, 0) is 4.79 Å². The van der Waals surface area contributed by atoms with E-state index >= 15 is 0 Å². The van der Waals surface area contributed by atoms with E-state index in [-0.39, 0.29) is 17.9 Å². The second kappa shape index (κ2) is 6.71. The number of aliphatic hydroxyl groups is 1. The van der Waals surface area contributed by atoms with Crippen LogP contribution in [0.25, 0.3) is 0 Å². The summed E-state index contributed by atoms with van der Waals surface area (Å²) >= 11 is 0. The predicted octanol–water partition coefficient (Wildman–Crippen LogP) is 1.38. The maximum Gasteiger partial charge on any atom is 0.222 e. The van der Waals surface area contributed by atoms with Crippen LogP contribution >= 0.6 is 0 Å². The van der Waals surface area contributed by atoms with Crippen molar-refractivity contribution in [2.75, 3.05) is 19.6 Å². The summed E-state index contributed by atoms with van der Waals surface area (Å²) in [6, 6.07) is 0.356. The summed E-state index contributed by atoms with van der Waals surface area (Å²) in [4.78, 5) is 14.0. The molecule has 2 rings (SSSR count). The molecule has 0 aromatic rings. The molecule has 3 atom stereocenters. The molecule has 19 heavy (non-hydrogen) atoms. The van der Waals surface area contributed by atoms with Crippen LogP contribution in [-0.4, -0.2) is 47.7 Å². The number of likely N-dealkylation sites (tertiary alicyclic amines) is 1. The van der Waals surface area contributed by atoms with Gasteiger partial charge in [-0.2, -0.15) is 0 Å². The first-order valence-electron chi connectivity index (χ1n) is 7.79. The quantitative estimate of drug-likeness (QED) is 0.765. The van der Waals surface area contributed by atoms with Crippen LogP contribution in [0.1, 0.15) is 46.0 Å². The summed E-state index contributed by atoms with van der Waals surface area (Å²) in [5.41, 5.74) is 0. The lowest BCUT2D eigenvalue weighted by Gasteiger charge is -2.39. The number of hydrogen-bond acceptors (Lipinski definition) is 3. The Morgan fingerprint density at radius 3 is 2.74 bits per heavy atom. The number of nitrogens with zero attached hydrogens (tertiary/aromatic N) is 1. The van der Waals surface area contributed by atoms with Gasteiger partial charge in [-0.1, -0.05) is 6.92 Å². The molecule has 2 aliphatic rings. The van der Waals surface area contributed by atoms with Gasteiger partial charge in [0.1, 0.15) is 0 Å². The first-order valence-corrected chi connectivity index (χ1v) is 7.79. The smallest absolute Gasteiger partial charge is 0.222 e. The van der Waals surface area contributed by atoms with Crippen LogP contribution in [0.15, 0.2) is 0 Å². The summed E-state index contributed by atoms with van der Waals surface area (Å²) in [6.07, 6.45) is 4.87. The molecule has 1 saturated heterocycles. The Labute approximate surface area is 116 Å². The van der Waals surface area contributed by atoms with E-state index in [0.29, 0.717) is 12.5 Å². The molecule has 0 aromatic carbocycles. The lowest BCUT2D eigenvalue weighted by atomic mass is 9.90. The van der Waals surface area contributed by atoms with Gasteiger partial charge in [0.15, 0.2) is 0 Å². The van der Waals surface area contributed by atoms with Crippen LogP contribution in [0, 0.1) is 11.8 Å². The molecule has 2 fully saturated rings. The molecule has 1 heterocycles. The van der Waals surface area contributed by atoms with E-state index in [1.807, 2.05) is 18.7 Å². The molecule has 2 N–H and O–H groups in total. The van der Waals surface area contributed by atoms with Gasteiger partial charge in [0.05, 0.1) is 6.10 Å². The number of piperidine rings is 1. The van der Waals surface area contributed by atoms with Gasteiger partial charge in [0.2, 0.25) is 5.91 Å². The third kappa shape index (κ3) is 4.46. The summed E-state index contributed by atoms with van der Waals surface area (Å²) in [5, 5.41) is 13.4. The molecule has 1 aliphatic heterocycles. The Morgan fingerprint density at radius 2 is 2.16 bits per heavy atom. The molecule has 0 spiro atoms. The second-order valence-corrected chi connectivity index (χ2v) is 6.33. The lowest BCUT2D eigenvalue weighted by Crippen LogP contribution is -2.53. The fraction of sp³-hybridized carbons (Fsp3) is 0.933. The highest BCUT2D eigenvalue weighted by atomic mass is 16.3. The zero-order valence-corrected chi connectivity index (χ0v) is 12.3. The number of carbonyl (C=O) groups is 1. The minimum Gasteiger partial charge on any atom is -0.393 e. The van der Waals surface area contributed by atoms with Gasteiger partial charge in [-0.3, -0.25) is 4.79 Å². The van der Waals surface area contributed by atoms with Gasteiger partial charge >= 0.3 is 0 Å². The summed E-state index contributed by atoms with van der Waals surface area (Å²) in [6.45, 7) is 6.49. The normalized spacial score (nSPS) is 29.3. The standard InChI is InChI=1S/C15H28N2O2/c1-3-4-15(19)17-9-13(11(2)18)7-14(10-17)16-8-12-5-6-12/h11-14,16,18H,3-10H2,1-2H3. The first kappa shape index (κ1) is 14.8. The number of amides is 1. The summed E-state index contributed by atoms with van der Waals surface area (Å²) in [7, 11) is 0. The topological polar surface area (TPSA) is 52.6 Å². The minimum absolute atomic E-state index is 0.214. The van der Waals surface area contributed by atoms with E-state index in [1.54, 1.807) is 0 Å². The SMILES string of the molecule is CCCC(=O)N1CC(NCC2CC2)CC(C(C)O)C1. The van der Waals surface area contributed by atoms with Gasteiger partial charge < -0.3 is 15.3 Å². The third-order valence-corrected chi connectivity index (χ3v) is 4.37. The molecular formula is C15H28N2O2. The van der Waals surface area contributed by atoms with Crippen molar-refractivity contribution in [2.24, 2.45) is 11.8 Å². The van der Waals surface area contributed by atoms with Gasteiger partial charge in [-0.05, 0) is 45.1 Å². The van der Waals surface area contributed by atoms with Crippen molar-refractivity contribution in [3.8, 4) is 0 Å². The monoisotopic (exact) mass is 268 g/mol. The highest BCUT2D eigenvalue weighted by Gasteiger charge is 2.32. The zero-order chi connectivity index (χ0) is 13.8. The second-order valence-electron chi connectivity index (χ2n) is 6.33. The zero-order valence-electron chi connectivity index (χ0n) is 12.3. The van der Waals surface area contributed by atoms with Gasteiger partial charge in [-0.15, -0.1) is 0 Å². The maximum atomic E-state index is 12.1. The Bertz CT molecular complexity index is 303. The predicted molar refractivity (Wildman–Crippen MR) is 75.8 cm³/mol. The van der Waals surface area contributed by atoms with Crippen molar-refractivity contribution in [2.45, 2.75) is 58.1 Å². The van der Waals surface area contributed by atoms with Crippen molar-refractivity contribution in [1.82, 2.24) is 10.2 Å². The molecular weight excluding hydrogens is 240 g/mol. The average molecular weight is 268 g/mol. The molecule has 0 radical (unpaired) electrons. The number of carbonyl (C=O) groups excluding carboxylic acids is 1. The third-order valence-electron chi connectivity index (χ3n) is 4.37. The van der Waals surface area contributed by atoms with Crippen molar-refractivity contribution in [3.05, 3.63) is 0 Å². The Kier molecular flexibility index (Phi) is 5.22. The number of nitrogens with one attached hydrogen (secondary N) is 1. The first-order chi connectivity index (χ1) is 9.10. The molecule has 4 heteroatoms. The largest absolute Gasteiger partial charge is 0.393 e. The van der Waals surface area contributed by atoms with Crippen molar-refractivity contribution >= 4 is 5.91 Å². The van der Waals surface area contributed by atoms with E-state index in [0.717, 1.165) is 38.4 Å². The van der Waals surface area contributed by atoms with Crippen LogP contribution < -0.4 is 5.32 Å². The van der Waals surface area contributed by atoms with Crippen molar-refractivity contribution < 1.29 is 9.90 Å². The number of aliphatic hydroxyl groups excluding tert-OH is 1. The van der Waals surface area contributed by atoms with Crippen LogP contribution in [0.4, 0.5) is 0 Å². The van der Waals surface area contributed by atoms with E-state index < -0.39 is 0 Å². The van der Waals surface area contributed by atoms with E-state index in [1.165, 1.54) is 12.8 Å². The molecule has 0 aromatic heterocycles. The molecule has 0 bridgehead atoms. The minimum atomic E-state index is -0.331. The highest BCUT2D eigenvalue weighted by molar-refractivity contribution is 5.76. The molecule has 1 amide bonds. The molecule has 3 unspecified atom stereocenters.